The molecule has 0 atom stereocenters. The van der Waals surface area contributed by atoms with Gasteiger partial charge in [-0.15, -0.1) is 0 Å². The highest BCUT2D eigenvalue weighted by atomic mass is 16.6. The predicted molar refractivity (Wildman–Crippen MR) is 91.2 cm³/mol. The molecule has 0 aliphatic carbocycles. The van der Waals surface area contributed by atoms with E-state index in [-0.39, 0.29) is 23.7 Å². The summed E-state index contributed by atoms with van der Waals surface area (Å²) in [6, 6.07) is 12.4. The van der Waals surface area contributed by atoms with Gasteiger partial charge in [0.15, 0.2) is 13.2 Å². The molecule has 0 aromatic heterocycles. The number of amides is 1. The molecule has 2 aromatic carbocycles. The molecule has 0 heterocycles. The molecule has 2 rings (SSSR count). The molecular weight excluding hydrogens is 344 g/mol. The minimum Gasteiger partial charge on any atom is -0.494 e. The van der Waals surface area contributed by atoms with Crippen molar-refractivity contribution in [1.29, 1.82) is 0 Å². The number of non-ortho nitro benzene ring substituents is 1. The van der Waals surface area contributed by atoms with Crippen LogP contribution in [-0.2, 0) is 14.3 Å². The molecule has 9 nitrogen and oxygen atoms in total. The number of hydrogen-bond acceptors (Lipinski definition) is 7. The van der Waals surface area contributed by atoms with Crippen molar-refractivity contribution in [3.63, 3.8) is 0 Å². The van der Waals surface area contributed by atoms with Crippen LogP contribution in [0.2, 0.25) is 0 Å². The molecule has 0 fully saturated rings. The van der Waals surface area contributed by atoms with E-state index in [0.717, 1.165) is 0 Å². The molecule has 0 unspecified atom stereocenters. The van der Waals surface area contributed by atoms with Crippen LogP contribution < -0.4 is 14.8 Å². The van der Waals surface area contributed by atoms with Crippen molar-refractivity contribution in [3.8, 4) is 11.5 Å². The molecule has 0 bridgehead atoms. The molecule has 9 heteroatoms. The van der Waals surface area contributed by atoms with Gasteiger partial charge in [-0.2, -0.15) is 0 Å². The van der Waals surface area contributed by atoms with Gasteiger partial charge in [0.05, 0.1) is 23.8 Å². The van der Waals surface area contributed by atoms with Crippen LogP contribution >= 0.6 is 0 Å². The van der Waals surface area contributed by atoms with Gasteiger partial charge in [0.25, 0.3) is 11.6 Å². The molecular formula is C17H16N2O7. The Morgan fingerprint density at radius 1 is 1.12 bits per heavy atom. The number of nitrogens with one attached hydrogen (secondary N) is 1. The Hall–Kier alpha value is -3.62. The van der Waals surface area contributed by atoms with Crippen molar-refractivity contribution in [2.45, 2.75) is 0 Å². The zero-order chi connectivity index (χ0) is 18.9. The Labute approximate surface area is 148 Å². The van der Waals surface area contributed by atoms with Crippen LogP contribution in [0.4, 0.5) is 11.4 Å². The van der Waals surface area contributed by atoms with E-state index < -0.39 is 23.4 Å². The average molecular weight is 360 g/mol. The van der Waals surface area contributed by atoms with Gasteiger partial charge < -0.3 is 19.5 Å². The minimum atomic E-state index is -0.709. The highest BCUT2D eigenvalue weighted by Gasteiger charge is 2.14. The summed E-state index contributed by atoms with van der Waals surface area (Å²) in [6.45, 7) is -0.866. The summed E-state index contributed by atoms with van der Waals surface area (Å²) >= 11 is 0. The Bertz CT molecular complexity index is 793. The number of hydrogen-bond donors (Lipinski definition) is 1. The molecule has 0 aliphatic rings. The zero-order valence-electron chi connectivity index (χ0n) is 13.8. The van der Waals surface area contributed by atoms with E-state index in [9.17, 15) is 19.7 Å². The van der Waals surface area contributed by atoms with E-state index in [1.807, 2.05) is 6.07 Å². The number of benzene rings is 2. The van der Waals surface area contributed by atoms with E-state index in [1.165, 1.54) is 25.3 Å². The first-order valence-corrected chi connectivity index (χ1v) is 7.45. The number of methoxy groups -OCH3 is 1. The first-order valence-electron chi connectivity index (χ1n) is 7.45. The fourth-order valence-electron chi connectivity index (χ4n) is 1.93. The van der Waals surface area contributed by atoms with Crippen LogP contribution in [0.15, 0.2) is 48.5 Å². The maximum absolute atomic E-state index is 11.9. The molecule has 26 heavy (non-hydrogen) atoms. The maximum atomic E-state index is 11.9. The van der Waals surface area contributed by atoms with Crippen molar-refractivity contribution in [2.24, 2.45) is 0 Å². The van der Waals surface area contributed by atoms with Gasteiger partial charge in [-0.1, -0.05) is 18.2 Å². The number of nitrogens with zero attached hydrogens (tertiary/aromatic N) is 1. The van der Waals surface area contributed by atoms with Crippen molar-refractivity contribution >= 4 is 23.3 Å². The van der Waals surface area contributed by atoms with Crippen LogP contribution in [0.1, 0.15) is 0 Å². The lowest BCUT2D eigenvalue weighted by molar-refractivity contribution is -0.384. The fourth-order valence-corrected chi connectivity index (χ4v) is 1.93. The molecule has 1 amide bonds. The number of carbonyl (C=O) groups excluding carboxylic acids is 2. The number of para-hydroxylation sites is 1. The topological polar surface area (TPSA) is 117 Å². The number of rotatable bonds is 8. The van der Waals surface area contributed by atoms with Gasteiger partial charge >= 0.3 is 5.97 Å². The van der Waals surface area contributed by atoms with Crippen LogP contribution in [0.3, 0.4) is 0 Å². The fraction of sp³-hybridized carbons (Fsp3) is 0.176. The van der Waals surface area contributed by atoms with E-state index in [2.05, 4.69) is 5.32 Å². The summed E-state index contributed by atoms with van der Waals surface area (Å²) in [6.07, 6.45) is 0. The quantitative estimate of drug-likeness (QED) is 0.435. The molecule has 136 valence electrons. The van der Waals surface area contributed by atoms with Gasteiger partial charge in [0.1, 0.15) is 11.5 Å². The first-order chi connectivity index (χ1) is 12.5. The third-order valence-electron chi connectivity index (χ3n) is 3.13. The smallest absolute Gasteiger partial charge is 0.344 e. The lowest BCUT2D eigenvalue weighted by Gasteiger charge is -2.10. The molecule has 0 saturated carbocycles. The number of nitro groups is 1. The van der Waals surface area contributed by atoms with E-state index >= 15 is 0 Å². The second-order valence-corrected chi connectivity index (χ2v) is 4.95. The highest BCUT2D eigenvalue weighted by molar-refractivity contribution is 5.94. The SMILES string of the molecule is COc1cc([N+](=O)[O-])ccc1NC(=O)COC(=O)COc1ccccc1. The number of anilines is 1. The Morgan fingerprint density at radius 2 is 1.85 bits per heavy atom. The number of carbonyl (C=O) groups is 2. The number of esters is 1. The molecule has 1 N–H and O–H groups in total. The van der Waals surface area contributed by atoms with Gasteiger partial charge in [-0.3, -0.25) is 14.9 Å². The summed E-state index contributed by atoms with van der Waals surface area (Å²) in [5, 5.41) is 13.2. The normalized spacial score (nSPS) is 9.88. The Morgan fingerprint density at radius 3 is 2.50 bits per heavy atom. The van der Waals surface area contributed by atoms with Crippen molar-refractivity contribution < 1.29 is 28.7 Å². The molecule has 0 radical (unpaired) electrons. The molecule has 0 spiro atoms. The minimum absolute atomic E-state index is 0.117. The van der Waals surface area contributed by atoms with Crippen molar-refractivity contribution in [3.05, 3.63) is 58.6 Å². The van der Waals surface area contributed by atoms with Gasteiger partial charge in [-0.25, -0.2) is 4.79 Å². The van der Waals surface area contributed by atoms with E-state index in [4.69, 9.17) is 14.2 Å². The van der Waals surface area contributed by atoms with Gasteiger partial charge in [-0.05, 0) is 18.2 Å². The maximum Gasteiger partial charge on any atom is 0.344 e. The molecule has 2 aromatic rings. The lowest BCUT2D eigenvalue weighted by atomic mass is 10.2. The van der Waals surface area contributed by atoms with Crippen molar-refractivity contribution in [2.75, 3.05) is 25.6 Å². The summed E-state index contributed by atoms with van der Waals surface area (Å²) in [5.74, 6) is -0.708. The van der Waals surface area contributed by atoms with Crippen LogP contribution in [0, 0.1) is 10.1 Å². The second-order valence-electron chi connectivity index (χ2n) is 4.95. The van der Waals surface area contributed by atoms with Crippen LogP contribution in [0.5, 0.6) is 11.5 Å². The first kappa shape index (κ1) is 18.7. The van der Waals surface area contributed by atoms with E-state index in [0.29, 0.717) is 5.75 Å². The third kappa shape index (κ3) is 5.48. The number of ether oxygens (including phenoxy) is 3. The predicted octanol–water partition coefficient (Wildman–Crippen LogP) is 2.16. The Kier molecular flexibility index (Phi) is 6.49. The van der Waals surface area contributed by atoms with Gasteiger partial charge in [0, 0.05) is 6.07 Å². The highest BCUT2D eigenvalue weighted by Crippen LogP contribution is 2.28. The molecule has 0 aliphatic heterocycles. The van der Waals surface area contributed by atoms with E-state index in [1.54, 1.807) is 24.3 Å². The summed E-state index contributed by atoms with van der Waals surface area (Å²) in [4.78, 5) is 33.6. The summed E-state index contributed by atoms with van der Waals surface area (Å²) in [5.41, 5.74) is 0.0454. The summed E-state index contributed by atoms with van der Waals surface area (Å²) < 4.78 is 15.0. The second kappa shape index (κ2) is 9.02. The molecule has 0 saturated heterocycles. The van der Waals surface area contributed by atoms with Crippen LogP contribution in [0.25, 0.3) is 0 Å². The standard InChI is InChI=1S/C17H16N2O7/c1-24-15-9-12(19(22)23)7-8-14(15)18-16(20)10-26-17(21)11-25-13-5-3-2-4-6-13/h2-9H,10-11H2,1H3,(H,18,20). The van der Waals surface area contributed by atoms with Crippen molar-refractivity contribution in [1.82, 2.24) is 0 Å². The van der Waals surface area contributed by atoms with Gasteiger partial charge in [0.2, 0.25) is 0 Å². The monoisotopic (exact) mass is 360 g/mol. The Balaban J connectivity index is 1.83. The zero-order valence-corrected chi connectivity index (χ0v) is 13.8. The lowest BCUT2D eigenvalue weighted by Crippen LogP contribution is -2.23. The van der Waals surface area contributed by atoms with Crippen LogP contribution in [-0.4, -0.2) is 37.1 Å². The largest absolute Gasteiger partial charge is 0.494 e. The average Bonchev–Trinajstić information content (AvgIpc) is 2.65. The third-order valence-corrected chi connectivity index (χ3v) is 3.13. The number of nitro benzene ring substituents is 1. The summed E-state index contributed by atoms with van der Waals surface area (Å²) in [7, 11) is 1.32.